The highest BCUT2D eigenvalue weighted by atomic mass is 127. The number of guanidine groups is 1. The van der Waals surface area contributed by atoms with Crippen LogP contribution in [-0.2, 0) is 13.0 Å². The molecule has 3 N–H and O–H groups in total. The van der Waals surface area contributed by atoms with Crippen LogP contribution in [0.3, 0.4) is 0 Å². The van der Waals surface area contributed by atoms with Gasteiger partial charge in [-0.2, -0.15) is 8.78 Å². The quantitative estimate of drug-likeness (QED) is 0.317. The first-order chi connectivity index (χ1) is 12.5. The first-order valence-corrected chi connectivity index (χ1v) is 8.38. The molecule has 0 spiro atoms. The van der Waals surface area contributed by atoms with Crippen LogP contribution >= 0.6 is 24.0 Å². The number of hydrogen-bond acceptors (Lipinski definition) is 3. The van der Waals surface area contributed by atoms with E-state index in [-0.39, 0.29) is 48.0 Å². The van der Waals surface area contributed by atoms with Crippen molar-refractivity contribution in [2.24, 2.45) is 10.7 Å². The van der Waals surface area contributed by atoms with Crippen LogP contribution < -0.4 is 20.5 Å². The lowest BCUT2D eigenvalue weighted by Gasteiger charge is -2.12. The molecular formula is C19H24F2IN3O2. The van der Waals surface area contributed by atoms with E-state index in [1.165, 1.54) is 11.6 Å². The Hall–Kier alpha value is -2.10. The number of hydrogen-bond donors (Lipinski definition) is 2. The third kappa shape index (κ3) is 7.58. The fourth-order valence-electron chi connectivity index (χ4n) is 2.35. The molecule has 5 nitrogen and oxygen atoms in total. The van der Waals surface area contributed by atoms with E-state index in [9.17, 15) is 8.78 Å². The molecule has 2 aromatic rings. The number of nitrogens with two attached hydrogens (primary N) is 1. The smallest absolute Gasteiger partial charge is 0.387 e. The van der Waals surface area contributed by atoms with Crippen LogP contribution in [-0.4, -0.2) is 19.2 Å². The Kier molecular flexibility index (Phi) is 9.84. The Morgan fingerprint density at radius 2 is 1.89 bits per heavy atom. The Labute approximate surface area is 175 Å². The fourth-order valence-corrected chi connectivity index (χ4v) is 2.35. The molecule has 0 atom stereocenters. The Morgan fingerprint density at radius 1 is 1.11 bits per heavy atom. The van der Waals surface area contributed by atoms with E-state index in [4.69, 9.17) is 10.5 Å². The lowest BCUT2D eigenvalue weighted by Crippen LogP contribution is -2.22. The van der Waals surface area contributed by atoms with Gasteiger partial charge in [0.25, 0.3) is 0 Å². The zero-order valence-electron chi connectivity index (χ0n) is 15.2. The van der Waals surface area contributed by atoms with Crippen LogP contribution in [0.25, 0.3) is 0 Å². The topological polar surface area (TPSA) is 68.9 Å². The molecule has 148 valence electrons. The zero-order chi connectivity index (χ0) is 18.9. The van der Waals surface area contributed by atoms with Crippen molar-refractivity contribution in [3.05, 3.63) is 53.6 Å². The second-order valence-electron chi connectivity index (χ2n) is 5.47. The second-order valence-corrected chi connectivity index (χ2v) is 5.47. The molecule has 8 heteroatoms. The lowest BCUT2D eigenvalue weighted by atomic mass is 10.1. The summed E-state index contributed by atoms with van der Waals surface area (Å²) in [6, 6.07) is 12.6. The van der Waals surface area contributed by atoms with Gasteiger partial charge >= 0.3 is 6.61 Å². The number of halogens is 3. The van der Waals surface area contributed by atoms with Gasteiger partial charge in [-0.3, -0.25) is 0 Å². The SMILES string of the molecule is CCOc1cc(CN=C(N)Nc2cccc(CC)c2)ccc1OC(F)F.I. The summed E-state index contributed by atoms with van der Waals surface area (Å²) in [6.45, 7) is 1.55. The van der Waals surface area contributed by atoms with Crippen LogP contribution in [0.1, 0.15) is 25.0 Å². The number of ether oxygens (including phenoxy) is 2. The van der Waals surface area contributed by atoms with Crippen molar-refractivity contribution in [2.75, 3.05) is 11.9 Å². The van der Waals surface area contributed by atoms with E-state index >= 15 is 0 Å². The number of anilines is 1. The third-order valence-electron chi connectivity index (χ3n) is 3.56. The summed E-state index contributed by atoms with van der Waals surface area (Å²) in [5.41, 5.74) is 8.74. The van der Waals surface area contributed by atoms with Crippen LogP contribution in [0.5, 0.6) is 11.5 Å². The molecule has 0 saturated carbocycles. The molecule has 0 amide bonds. The Balaban J connectivity index is 0.00000364. The average Bonchev–Trinajstić information content (AvgIpc) is 2.62. The van der Waals surface area contributed by atoms with Gasteiger partial charge in [0, 0.05) is 5.69 Å². The highest BCUT2D eigenvalue weighted by Gasteiger charge is 2.11. The summed E-state index contributed by atoms with van der Waals surface area (Å²) in [7, 11) is 0. The number of nitrogens with one attached hydrogen (secondary N) is 1. The van der Waals surface area contributed by atoms with Gasteiger partial charge in [-0.25, -0.2) is 4.99 Å². The van der Waals surface area contributed by atoms with Crippen molar-refractivity contribution in [3.63, 3.8) is 0 Å². The van der Waals surface area contributed by atoms with Crippen LogP contribution in [0, 0.1) is 0 Å². The fraction of sp³-hybridized carbons (Fsp3) is 0.316. The van der Waals surface area contributed by atoms with Gasteiger partial charge in [0.15, 0.2) is 17.5 Å². The number of benzene rings is 2. The van der Waals surface area contributed by atoms with Crippen LogP contribution in [0.4, 0.5) is 14.5 Å². The summed E-state index contributed by atoms with van der Waals surface area (Å²) in [5, 5.41) is 3.04. The number of nitrogens with zero attached hydrogens (tertiary/aromatic N) is 1. The molecule has 27 heavy (non-hydrogen) atoms. The van der Waals surface area contributed by atoms with Crippen molar-refractivity contribution in [3.8, 4) is 11.5 Å². The van der Waals surface area contributed by atoms with E-state index in [1.807, 2.05) is 24.3 Å². The van der Waals surface area contributed by atoms with Gasteiger partial charge in [0.05, 0.1) is 13.2 Å². The number of alkyl halides is 2. The molecule has 0 aliphatic heterocycles. The summed E-state index contributed by atoms with van der Waals surface area (Å²) in [4.78, 5) is 4.28. The van der Waals surface area contributed by atoms with Crippen LogP contribution in [0.2, 0.25) is 0 Å². The van der Waals surface area contributed by atoms with E-state index in [1.54, 1.807) is 19.1 Å². The van der Waals surface area contributed by atoms with Gasteiger partial charge < -0.3 is 20.5 Å². The number of rotatable bonds is 8. The monoisotopic (exact) mass is 491 g/mol. The number of aryl methyl sites for hydroxylation is 1. The van der Waals surface area contributed by atoms with Crippen molar-refractivity contribution in [2.45, 2.75) is 33.4 Å². The predicted octanol–water partition coefficient (Wildman–Crippen LogP) is 4.79. The Morgan fingerprint density at radius 3 is 2.56 bits per heavy atom. The molecule has 0 radical (unpaired) electrons. The van der Waals surface area contributed by atoms with Crippen LogP contribution in [0.15, 0.2) is 47.5 Å². The van der Waals surface area contributed by atoms with Gasteiger partial charge in [0.1, 0.15) is 0 Å². The summed E-state index contributed by atoms with van der Waals surface area (Å²) >= 11 is 0. The summed E-state index contributed by atoms with van der Waals surface area (Å²) < 4.78 is 34.7. The van der Waals surface area contributed by atoms with E-state index < -0.39 is 6.61 Å². The first kappa shape index (κ1) is 22.9. The second kappa shape index (κ2) is 11.6. The zero-order valence-corrected chi connectivity index (χ0v) is 17.6. The minimum absolute atomic E-state index is 0. The molecule has 0 aliphatic carbocycles. The standard InChI is InChI=1S/C19H23F2N3O2.HI/c1-3-13-6-5-7-15(10-13)24-19(22)23-12-14-8-9-16(26-18(20)21)17(11-14)25-4-2;/h5-11,18H,3-4,12H2,1-2H3,(H3,22,23,24);1H. The van der Waals surface area contributed by atoms with E-state index in [2.05, 4.69) is 22.0 Å². The van der Waals surface area contributed by atoms with Gasteiger partial charge in [-0.1, -0.05) is 25.1 Å². The molecule has 0 aromatic heterocycles. The lowest BCUT2D eigenvalue weighted by molar-refractivity contribution is -0.0514. The maximum absolute atomic E-state index is 12.4. The summed E-state index contributed by atoms with van der Waals surface area (Å²) in [6.07, 6.45) is 0.930. The molecule has 0 saturated heterocycles. The third-order valence-corrected chi connectivity index (χ3v) is 3.56. The maximum atomic E-state index is 12.4. The van der Waals surface area contributed by atoms with Crippen molar-refractivity contribution in [1.29, 1.82) is 0 Å². The molecule has 2 rings (SSSR count). The molecular weight excluding hydrogens is 467 g/mol. The molecule has 0 aliphatic rings. The highest BCUT2D eigenvalue weighted by molar-refractivity contribution is 14.0. The molecule has 0 bridgehead atoms. The molecule has 0 fully saturated rings. The van der Waals surface area contributed by atoms with Crippen molar-refractivity contribution >= 4 is 35.6 Å². The minimum Gasteiger partial charge on any atom is -0.490 e. The maximum Gasteiger partial charge on any atom is 0.387 e. The van der Waals surface area contributed by atoms with Crippen molar-refractivity contribution in [1.82, 2.24) is 0 Å². The molecule has 2 aromatic carbocycles. The van der Waals surface area contributed by atoms with Gasteiger partial charge in [-0.15, -0.1) is 24.0 Å². The first-order valence-electron chi connectivity index (χ1n) is 8.38. The molecule has 0 unspecified atom stereocenters. The normalized spacial score (nSPS) is 11.1. The highest BCUT2D eigenvalue weighted by Crippen LogP contribution is 2.30. The van der Waals surface area contributed by atoms with E-state index in [0.717, 1.165) is 17.7 Å². The van der Waals surface area contributed by atoms with Gasteiger partial charge in [-0.05, 0) is 48.7 Å². The predicted molar refractivity (Wildman–Crippen MR) is 114 cm³/mol. The Bertz CT molecular complexity index is 757. The van der Waals surface area contributed by atoms with E-state index in [0.29, 0.717) is 6.61 Å². The average molecular weight is 491 g/mol. The number of aliphatic imine (C=N–C) groups is 1. The molecule has 0 heterocycles. The summed E-state index contributed by atoms with van der Waals surface area (Å²) in [5.74, 6) is 0.517. The largest absolute Gasteiger partial charge is 0.490 e. The minimum atomic E-state index is -2.91. The van der Waals surface area contributed by atoms with Crippen molar-refractivity contribution < 1.29 is 18.3 Å². The van der Waals surface area contributed by atoms with Gasteiger partial charge in [0.2, 0.25) is 0 Å².